The average molecular weight is 1840 g/mol. The van der Waals surface area contributed by atoms with E-state index in [0.29, 0.717) is 170 Å². The van der Waals surface area contributed by atoms with Crippen molar-refractivity contribution < 1.29 is 58.8 Å². The van der Waals surface area contributed by atoms with Gasteiger partial charge in [0.2, 0.25) is 11.8 Å². The summed E-state index contributed by atoms with van der Waals surface area (Å²) < 4.78 is 0. The second-order valence-corrected chi connectivity index (χ2v) is 34.3. The molecular formula is C100H142N22O12. The summed E-state index contributed by atoms with van der Waals surface area (Å²) in [6, 6.07) is 47.4. The van der Waals surface area contributed by atoms with Crippen molar-refractivity contribution in [2.75, 3.05) is 249 Å². The van der Waals surface area contributed by atoms with Crippen LogP contribution in [0.3, 0.4) is 0 Å². The van der Waals surface area contributed by atoms with Gasteiger partial charge in [-0.2, -0.15) is 0 Å². The summed E-state index contributed by atoms with van der Waals surface area (Å²) in [4.78, 5) is 163. The Labute approximate surface area is 790 Å². The second kappa shape index (κ2) is 63.9. The average Bonchev–Trinajstić information content (AvgIpc) is 0.902. The van der Waals surface area contributed by atoms with Crippen molar-refractivity contribution in [3.8, 4) is 0 Å². The molecule has 0 bridgehead atoms. The van der Waals surface area contributed by atoms with E-state index in [-0.39, 0.29) is 75.5 Å². The van der Waals surface area contributed by atoms with Crippen LogP contribution in [0.5, 0.6) is 0 Å². The van der Waals surface area contributed by atoms with Gasteiger partial charge in [0.1, 0.15) is 11.6 Å². The highest BCUT2D eigenvalue weighted by atomic mass is 16.4. The molecule has 6 N–H and O–H groups in total. The van der Waals surface area contributed by atoms with E-state index in [4.69, 9.17) is 0 Å². The minimum absolute atomic E-state index is 0.0276. The van der Waals surface area contributed by atoms with Gasteiger partial charge in [0, 0.05) is 362 Å². The third kappa shape index (κ3) is 47.7. The minimum Gasteiger partial charge on any atom is -0.481 e. The van der Waals surface area contributed by atoms with E-state index in [1.165, 1.54) is 0 Å². The quantitative estimate of drug-likeness (QED) is 0.0299. The number of pyridine rings is 8. The molecule has 2 saturated heterocycles. The van der Waals surface area contributed by atoms with Gasteiger partial charge in [-0.15, -0.1) is 0 Å². The maximum atomic E-state index is 13.6. The Morgan fingerprint density at radius 2 is 0.455 bits per heavy atom. The van der Waals surface area contributed by atoms with Crippen molar-refractivity contribution in [3.05, 3.63) is 241 Å². The van der Waals surface area contributed by atoms with Crippen molar-refractivity contribution in [1.82, 2.24) is 109 Å². The molecule has 2 aliphatic rings. The highest BCUT2D eigenvalue weighted by Crippen LogP contribution is 2.14. The Kier molecular flexibility index (Phi) is 50.9. The zero-order valence-electron chi connectivity index (χ0n) is 78.2. The van der Waals surface area contributed by atoms with Gasteiger partial charge in [-0.3, -0.25) is 108 Å². The molecular weight excluding hydrogens is 1700 g/mol. The third-order valence-corrected chi connectivity index (χ3v) is 24.0. The lowest BCUT2D eigenvalue weighted by Gasteiger charge is -2.33. The zero-order valence-corrected chi connectivity index (χ0v) is 78.2. The third-order valence-electron chi connectivity index (χ3n) is 24.0. The molecule has 2 amide bonds. The molecule has 0 unspecified atom stereocenters. The van der Waals surface area contributed by atoms with Crippen molar-refractivity contribution >= 4 is 47.3 Å². The number of carboxylic acid groups (broad SMARTS) is 4. The normalized spacial score (nSPS) is 15.0. The SMILES string of the molecule is O=C(O)CCN1CCN(CC(=O)CCCN(CCc2ccccn2)CCc2ccccn2)CCN(CC(=O)O)CCN(CC(=O)NCCN(CCc2ccccn2)CCc2ccccn2)CC1.O=C(O)CN1CCN(CCC(=O)NCCN(CCc2ccccn2)CCc2ccccn2)CCN(CC(=O)O)CCN(CC(=O)CCCN(CCc2ccccn2)CCc2ccccn2)CC1. The zero-order chi connectivity index (χ0) is 94.6. The molecule has 0 saturated carbocycles. The Morgan fingerprint density at radius 1 is 0.239 bits per heavy atom. The predicted molar refractivity (Wildman–Crippen MR) is 515 cm³/mol. The monoisotopic (exact) mass is 1840 g/mol. The number of aliphatic carboxylic acids is 4. The molecule has 34 nitrogen and oxygen atoms in total. The van der Waals surface area contributed by atoms with Crippen LogP contribution >= 0.6 is 0 Å². The molecule has 10 heterocycles. The fourth-order valence-corrected chi connectivity index (χ4v) is 16.2. The summed E-state index contributed by atoms with van der Waals surface area (Å²) in [6.45, 7) is 18.6. The van der Waals surface area contributed by atoms with Crippen LogP contribution in [0.1, 0.15) is 84.1 Å². The number of aromatic nitrogens is 8. The molecule has 8 aromatic rings. The van der Waals surface area contributed by atoms with E-state index in [1.807, 2.05) is 182 Å². The predicted octanol–water partition coefficient (Wildman–Crippen LogP) is 4.78. The number of ketones is 2. The van der Waals surface area contributed by atoms with E-state index in [0.717, 1.165) is 162 Å². The van der Waals surface area contributed by atoms with Crippen LogP contribution in [0.25, 0.3) is 0 Å². The molecule has 724 valence electrons. The summed E-state index contributed by atoms with van der Waals surface area (Å²) >= 11 is 0. The molecule has 2 fully saturated rings. The summed E-state index contributed by atoms with van der Waals surface area (Å²) in [5.41, 5.74) is 8.16. The molecule has 134 heavy (non-hydrogen) atoms. The van der Waals surface area contributed by atoms with Crippen LogP contribution in [-0.4, -0.2) is 415 Å². The maximum Gasteiger partial charge on any atom is 0.317 e. The smallest absolute Gasteiger partial charge is 0.317 e. The minimum atomic E-state index is -0.940. The highest BCUT2D eigenvalue weighted by Gasteiger charge is 2.26. The van der Waals surface area contributed by atoms with Crippen molar-refractivity contribution in [1.29, 1.82) is 0 Å². The van der Waals surface area contributed by atoms with Crippen LogP contribution in [0.2, 0.25) is 0 Å². The highest BCUT2D eigenvalue weighted by molar-refractivity contribution is 5.81. The molecule has 34 heteroatoms. The molecule has 2 aliphatic heterocycles. The van der Waals surface area contributed by atoms with Crippen LogP contribution in [0.15, 0.2) is 195 Å². The van der Waals surface area contributed by atoms with Gasteiger partial charge in [0.15, 0.2) is 0 Å². The number of nitrogens with zero attached hydrogens (tertiary/aromatic N) is 20. The number of amides is 2. The number of hydrogen-bond donors (Lipinski definition) is 6. The van der Waals surface area contributed by atoms with Crippen molar-refractivity contribution in [2.24, 2.45) is 0 Å². The Hall–Kier alpha value is -11.1. The molecule has 0 aromatic carbocycles. The molecule has 0 atom stereocenters. The molecule has 0 radical (unpaired) electrons. The van der Waals surface area contributed by atoms with E-state index >= 15 is 0 Å². The lowest BCUT2D eigenvalue weighted by Crippen LogP contribution is -2.49. The first kappa shape index (κ1) is 107. The van der Waals surface area contributed by atoms with Crippen LogP contribution < -0.4 is 10.6 Å². The van der Waals surface area contributed by atoms with E-state index in [1.54, 1.807) is 37.2 Å². The maximum absolute atomic E-state index is 13.6. The number of carbonyl (C=O) groups excluding carboxylic acids is 4. The first-order valence-electron chi connectivity index (χ1n) is 47.6. The number of Topliss-reactive ketones (excluding diaryl/α,β-unsaturated/α-hetero) is 2. The van der Waals surface area contributed by atoms with Crippen LogP contribution in [0, 0.1) is 0 Å². The topological polar surface area (TPSA) is 384 Å². The lowest BCUT2D eigenvalue weighted by molar-refractivity contribution is -0.139. The lowest BCUT2D eigenvalue weighted by atomic mass is 10.1. The first-order valence-corrected chi connectivity index (χ1v) is 47.6. The number of carbonyl (C=O) groups is 8. The van der Waals surface area contributed by atoms with Crippen LogP contribution in [0.4, 0.5) is 0 Å². The second-order valence-electron chi connectivity index (χ2n) is 34.3. The summed E-state index contributed by atoms with van der Waals surface area (Å²) in [6.07, 6.45) is 23.2. The standard InChI is InChI=1S/2C50H71N11O6/c62-47(14-9-25-56(26-15-43-10-1-5-20-51-43)27-16-44-11-2-6-21-52-44)40-59-34-32-58(30-19-49(64)65)33-35-60(37-39-61(38-36-59)42-50(66)67)41-48(63)55-24-31-57(28-17-45-12-3-7-22-53-45)29-18-46-13-4-8-23-54-46;62-47(14-9-25-56(26-15-43-10-1-5-20-51-43)27-16-44-11-2-6-21-52-44)40-59-36-38-60(41-49(64)65)34-32-58(33-35-61(39-37-59)42-50(66)67)30-19-48(63)55-24-31-57(28-17-45-12-3-7-22-53-45)29-18-46-13-4-8-23-54-46/h2*1-8,10-13,20-23H,9,14-19,24-42H2,(H,55,63)(H,64,65)(H,66,67). The van der Waals surface area contributed by atoms with Gasteiger partial charge in [0.05, 0.1) is 45.7 Å². The van der Waals surface area contributed by atoms with E-state index < -0.39 is 23.9 Å². The van der Waals surface area contributed by atoms with Gasteiger partial charge in [-0.25, -0.2) is 0 Å². The Morgan fingerprint density at radius 3 is 0.687 bits per heavy atom. The van der Waals surface area contributed by atoms with Crippen molar-refractivity contribution in [3.63, 3.8) is 0 Å². The Balaban J connectivity index is 0.000000301. The fraction of sp³-hybridized carbons (Fsp3) is 0.520. The summed E-state index contributed by atoms with van der Waals surface area (Å²) in [5.74, 6) is -3.68. The fourth-order valence-electron chi connectivity index (χ4n) is 16.2. The van der Waals surface area contributed by atoms with Crippen molar-refractivity contribution in [2.45, 2.75) is 89.9 Å². The number of hydrogen-bond acceptors (Lipinski definition) is 28. The molecule has 10 rings (SSSR count). The number of nitrogens with one attached hydrogen (secondary N) is 2. The summed E-state index contributed by atoms with van der Waals surface area (Å²) in [7, 11) is 0. The molecule has 0 spiro atoms. The van der Waals surface area contributed by atoms with Gasteiger partial charge >= 0.3 is 23.9 Å². The largest absolute Gasteiger partial charge is 0.481 e. The van der Waals surface area contributed by atoms with Gasteiger partial charge in [-0.05, 0) is 123 Å². The van der Waals surface area contributed by atoms with Gasteiger partial charge < -0.3 is 60.5 Å². The van der Waals surface area contributed by atoms with Gasteiger partial charge in [-0.1, -0.05) is 48.5 Å². The number of carboxylic acids is 4. The van der Waals surface area contributed by atoms with E-state index in [2.05, 4.69) is 84.8 Å². The summed E-state index contributed by atoms with van der Waals surface area (Å²) in [5, 5.41) is 45.3. The van der Waals surface area contributed by atoms with Gasteiger partial charge in [0.25, 0.3) is 0 Å². The molecule has 8 aromatic heterocycles. The first-order chi connectivity index (χ1) is 65.3. The van der Waals surface area contributed by atoms with E-state index in [9.17, 15) is 58.8 Å². The Bertz CT molecular complexity index is 4250. The number of rotatable bonds is 56. The molecule has 0 aliphatic carbocycles. The van der Waals surface area contributed by atoms with Crippen LogP contribution in [-0.2, 0) is 89.7 Å².